The van der Waals surface area contributed by atoms with Crippen molar-refractivity contribution in [2.24, 2.45) is 5.92 Å². The third-order valence-corrected chi connectivity index (χ3v) is 3.11. The maximum absolute atomic E-state index is 5.23. The Bertz CT molecular complexity index is 384. The summed E-state index contributed by atoms with van der Waals surface area (Å²) in [5.74, 6) is 1.56. The number of nitrogens with one attached hydrogen (secondary N) is 1. The Morgan fingerprint density at radius 1 is 1.30 bits per heavy atom. The van der Waals surface area contributed by atoms with E-state index in [2.05, 4.69) is 47.9 Å². The second-order valence-corrected chi connectivity index (χ2v) is 5.48. The number of anilines is 1. The predicted molar refractivity (Wildman–Crippen MR) is 82.9 cm³/mol. The van der Waals surface area contributed by atoms with E-state index in [0.29, 0.717) is 12.5 Å². The molecule has 0 aliphatic heterocycles. The first-order chi connectivity index (χ1) is 9.58. The molecule has 0 spiro atoms. The van der Waals surface area contributed by atoms with E-state index in [9.17, 15) is 0 Å². The van der Waals surface area contributed by atoms with E-state index < -0.39 is 0 Å². The van der Waals surface area contributed by atoms with Crippen LogP contribution < -0.4 is 10.2 Å². The van der Waals surface area contributed by atoms with Crippen molar-refractivity contribution < 1.29 is 4.74 Å². The molecule has 114 valence electrons. The Morgan fingerprint density at radius 3 is 2.65 bits per heavy atom. The van der Waals surface area contributed by atoms with Crippen LogP contribution in [0, 0.1) is 5.92 Å². The number of rotatable bonds is 9. The summed E-state index contributed by atoms with van der Waals surface area (Å²) in [5, 5.41) is 3.39. The molecule has 0 bridgehead atoms. The summed E-state index contributed by atoms with van der Waals surface area (Å²) in [4.78, 5) is 11.2. The van der Waals surface area contributed by atoms with E-state index in [0.717, 1.165) is 31.1 Å². The first-order valence-corrected chi connectivity index (χ1v) is 7.35. The van der Waals surface area contributed by atoms with E-state index in [1.54, 1.807) is 7.11 Å². The Hall–Kier alpha value is -1.20. The molecular weight excluding hydrogens is 252 g/mol. The van der Waals surface area contributed by atoms with Crippen molar-refractivity contribution in [1.29, 1.82) is 0 Å². The van der Waals surface area contributed by atoms with Gasteiger partial charge in [-0.25, -0.2) is 4.98 Å². The summed E-state index contributed by atoms with van der Waals surface area (Å²) in [5.41, 5.74) is 0.978. The van der Waals surface area contributed by atoms with Crippen LogP contribution in [0.2, 0.25) is 0 Å². The van der Waals surface area contributed by atoms with Gasteiger partial charge < -0.3 is 15.0 Å². The van der Waals surface area contributed by atoms with Gasteiger partial charge in [-0.1, -0.05) is 13.8 Å². The molecule has 1 aromatic rings. The smallest absolute Gasteiger partial charge is 0.147 e. The standard InChI is InChI=1S/C15H28N4O/c1-6-19(13(4)11-20-5)15-10-17-9-14(18-15)8-16-7-12(2)3/h9-10,12-13,16H,6-8,11H2,1-5H3. The summed E-state index contributed by atoms with van der Waals surface area (Å²) in [6.07, 6.45) is 3.65. The molecule has 0 saturated heterocycles. The summed E-state index contributed by atoms with van der Waals surface area (Å²) >= 11 is 0. The van der Waals surface area contributed by atoms with Crippen LogP contribution in [0.25, 0.3) is 0 Å². The average Bonchev–Trinajstić information content (AvgIpc) is 2.40. The van der Waals surface area contributed by atoms with Crippen LogP contribution in [0.5, 0.6) is 0 Å². The molecule has 1 aromatic heterocycles. The zero-order valence-corrected chi connectivity index (χ0v) is 13.4. The minimum absolute atomic E-state index is 0.290. The molecule has 1 unspecified atom stereocenters. The highest BCUT2D eigenvalue weighted by Gasteiger charge is 2.14. The van der Waals surface area contributed by atoms with Gasteiger partial charge in [-0.3, -0.25) is 4.98 Å². The van der Waals surface area contributed by atoms with Gasteiger partial charge in [0.1, 0.15) is 5.82 Å². The van der Waals surface area contributed by atoms with Crippen molar-refractivity contribution >= 4 is 5.82 Å². The number of aromatic nitrogens is 2. The van der Waals surface area contributed by atoms with Gasteiger partial charge >= 0.3 is 0 Å². The van der Waals surface area contributed by atoms with E-state index in [-0.39, 0.29) is 6.04 Å². The maximum atomic E-state index is 5.23. The SMILES string of the molecule is CCN(c1cncc(CNCC(C)C)n1)C(C)COC. The van der Waals surface area contributed by atoms with Gasteiger partial charge in [0.2, 0.25) is 0 Å². The van der Waals surface area contributed by atoms with E-state index in [1.165, 1.54) is 0 Å². The number of hydrogen-bond acceptors (Lipinski definition) is 5. The highest BCUT2D eigenvalue weighted by atomic mass is 16.5. The Kier molecular flexibility index (Phi) is 7.47. The second kappa shape index (κ2) is 8.87. The van der Waals surface area contributed by atoms with Gasteiger partial charge in [0, 0.05) is 26.4 Å². The summed E-state index contributed by atoms with van der Waals surface area (Å²) in [6.45, 7) is 12.0. The zero-order valence-electron chi connectivity index (χ0n) is 13.4. The predicted octanol–water partition coefficient (Wildman–Crippen LogP) is 2.08. The Morgan fingerprint density at radius 2 is 2.05 bits per heavy atom. The molecule has 0 fully saturated rings. The molecule has 5 heteroatoms. The van der Waals surface area contributed by atoms with Crippen LogP contribution in [0.15, 0.2) is 12.4 Å². The monoisotopic (exact) mass is 280 g/mol. The van der Waals surface area contributed by atoms with Gasteiger partial charge in [-0.05, 0) is 26.3 Å². The molecule has 0 aliphatic carbocycles. The van der Waals surface area contributed by atoms with Crippen molar-refractivity contribution in [3.05, 3.63) is 18.1 Å². The molecule has 0 radical (unpaired) electrons. The van der Waals surface area contributed by atoms with Gasteiger partial charge in [0.25, 0.3) is 0 Å². The topological polar surface area (TPSA) is 50.3 Å². The van der Waals surface area contributed by atoms with Gasteiger partial charge in [-0.2, -0.15) is 0 Å². The van der Waals surface area contributed by atoms with E-state index in [4.69, 9.17) is 4.74 Å². The largest absolute Gasteiger partial charge is 0.383 e. The third kappa shape index (κ3) is 5.43. The molecular formula is C15H28N4O. The van der Waals surface area contributed by atoms with Crippen LogP contribution in [-0.4, -0.2) is 42.8 Å². The highest BCUT2D eigenvalue weighted by Crippen LogP contribution is 2.13. The quantitative estimate of drug-likeness (QED) is 0.750. The summed E-state index contributed by atoms with van der Waals surface area (Å²) in [7, 11) is 1.72. The minimum Gasteiger partial charge on any atom is -0.383 e. The lowest BCUT2D eigenvalue weighted by molar-refractivity contribution is 0.181. The number of methoxy groups -OCH3 is 1. The average molecular weight is 280 g/mol. The van der Waals surface area contributed by atoms with E-state index in [1.807, 2.05) is 12.4 Å². The zero-order chi connectivity index (χ0) is 15.0. The normalized spacial score (nSPS) is 12.7. The first kappa shape index (κ1) is 16.9. The van der Waals surface area contributed by atoms with Gasteiger partial charge in [0.15, 0.2) is 0 Å². The molecule has 1 atom stereocenters. The third-order valence-electron chi connectivity index (χ3n) is 3.11. The van der Waals surface area contributed by atoms with Gasteiger partial charge in [-0.15, -0.1) is 0 Å². The minimum atomic E-state index is 0.290. The molecule has 1 rings (SSSR count). The maximum Gasteiger partial charge on any atom is 0.147 e. The van der Waals surface area contributed by atoms with Crippen LogP contribution in [0.3, 0.4) is 0 Å². The summed E-state index contributed by atoms with van der Waals surface area (Å²) in [6, 6.07) is 0.290. The number of likely N-dealkylation sites (N-methyl/N-ethyl adjacent to an activating group) is 1. The lowest BCUT2D eigenvalue weighted by Crippen LogP contribution is -2.37. The van der Waals surface area contributed by atoms with Crippen molar-refractivity contribution in [3.8, 4) is 0 Å². The Labute approximate surface area is 122 Å². The van der Waals surface area contributed by atoms with Crippen LogP contribution in [0.1, 0.15) is 33.4 Å². The number of ether oxygens (including phenoxy) is 1. The number of nitrogens with zero attached hydrogens (tertiary/aromatic N) is 3. The molecule has 0 aliphatic rings. The summed E-state index contributed by atoms with van der Waals surface area (Å²) < 4.78 is 5.23. The second-order valence-electron chi connectivity index (χ2n) is 5.48. The molecule has 5 nitrogen and oxygen atoms in total. The van der Waals surface area contributed by atoms with Crippen molar-refractivity contribution in [2.75, 3.05) is 31.7 Å². The van der Waals surface area contributed by atoms with Crippen molar-refractivity contribution in [1.82, 2.24) is 15.3 Å². The molecule has 0 aromatic carbocycles. The fourth-order valence-corrected chi connectivity index (χ4v) is 2.14. The molecule has 0 saturated carbocycles. The van der Waals surface area contributed by atoms with Crippen LogP contribution >= 0.6 is 0 Å². The molecule has 1 N–H and O–H groups in total. The fourth-order valence-electron chi connectivity index (χ4n) is 2.14. The Balaban J connectivity index is 2.69. The van der Waals surface area contributed by atoms with Crippen LogP contribution in [-0.2, 0) is 11.3 Å². The highest BCUT2D eigenvalue weighted by molar-refractivity contribution is 5.37. The molecule has 1 heterocycles. The lowest BCUT2D eigenvalue weighted by Gasteiger charge is -2.28. The first-order valence-electron chi connectivity index (χ1n) is 7.35. The van der Waals surface area contributed by atoms with E-state index >= 15 is 0 Å². The van der Waals surface area contributed by atoms with Gasteiger partial charge in [0.05, 0.1) is 24.5 Å². The molecule has 20 heavy (non-hydrogen) atoms. The molecule has 0 amide bonds. The fraction of sp³-hybridized carbons (Fsp3) is 0.733. The van der Waals surface area contributed by atoms with Crippen molar-refractivity contribution in [3.63, 3.8) is 0 Å². The van der Waals surface area contributed by atoms with Crippen LogP contribution in [0.4, 0.5) is 5.82 Å². The lowest BCUT2D eigenvalue weighted by atomic mass is 10.2. The van der Waals surface area contributed by atoms with Crippen molar-refractivity contribution in [2.45, 2.75) is 40.3 Å². The number of hydrogen-bond donors (Lipinski definition) is 1.